The van der Waals surface area contributed by atoms with E-state index in [-0.39, 0.29) is 6.10 Å². The third kappa shape index (κ3) is 6.46. The maximum Gasteiger partial charge on any atom is 0.0512 e. The number of nitrogens with one attached hydrogen (secondary N) is 2. The van der Waals surface area contributed by atoms with Gasteiger partial charge in [0.05, 0.1) is 6.10 Å². The Hall–Kier alpha value is -0.120. The Labute approximate surface area is 100 Å². The van der Waals surface area contributed by atoms with Crippen LogP contribution in [-0.4, -0.2) is 36.4 Å². The first-order valence-electron chi connectivity index (χ1n) is 6.83. The van der Waals surface area contributed by atoms with Crippen LogP contribution in [0.15, 0.2) is 0 Å². The third-order valence-corrected chi connectivity index (χ3v) is 3.34. The summed E-state index contributed by atoms with van der Waals surface area (Å²) >= 11 is 0. The van der Waals surface area contributed by atoms with Crippen LogP contribution in [0.2, 0.25) is 0 Å². The molecular formula is C13H28N2O. The lowest BCUT2D eigenvalue weighted by Gasteiger charge is -2.26. The van der Waals surface area contributed by atoms with Gasteiger partial charge in [0.1, 0.15) is 0 Å². The molecule has 0 spiro atoms. The molecule has 0 saturated carbocycles. The monoisotopic (exact) mass is 228 g/mol. The summed E-state index contributed by atoms with van der Waals surface area (Å²) in [5, 5.41) is 16.3. The van der Waals surface area contributed by atoms with Gasteiger partial charge >= 0.3 is 0 Å². The van der Waals surface area contributed by atoms with Crippen molar-refractivity contribution < 1.29 is 5.11 Å². The molecule has 1 rings (SSSR count). The third-order valence-electron chi connectivity index (χ3n) is 3.34. The Kier molecular flexibility index (Phi) is 7.01. The van der Waals surface area contributed by atoms with Crippen LogP contribution in [0.5, 0.6) is 0 Å². The number of rotatable bonds is 7. The van der Waals surface area contributed by atoms with Gasteiger partial charge in [0.15, 0.2) is 0 Å². The van der Waals surface area contributed by atoms with E-state index in [2.05, 4.69) is 17.6 Å². The summed E-state index contributed by atoms with van der Waals surface area (Å²) in [6.07, 6.45) is 7.10. The van der Waals surface area contributed by atoms with E-state index in [0.717, 1.165) is 19.4 Å². The average molecular weight is 228 g/mol. The lowest BCUT2D eigenvalue weighted by molar-refractivity contribution is 0.180. The molecule has 1 saturated heterocycles. The largest absolute Gasteiger partial charge is 0.393 e. The molecule has 0 bridgehead atoms. The van der Waals surface area contributed by atoms with Gasteiger partial charge in [-0.25, -0.2) is 0 Å². The summed E-state index contributed by atoms with van der Waals surface area (Å²) in [5.74, 6) is 0. The van der Waals surface area contributed by atoms with Crippen LogP contribution in [0.25, 0.3) is 0 Å². The molecule has 0 aromatic heterocycles. The van der Waals surface area contributed by atoms with Gasteiger partial charge in [0, 0.05) is 12.1 Å². The number of hydrogen-bond donors (Lipinski definition) is 3. The van der Waals surface area contributed by atoms with Gasteiger partial charge in [0.2, 0.25) is 0 Å². The molecule has 16 heavy (non-hydrogen) atoms. The Morgan fingerprint density at radius 1 is 1.38 bits per heavy atom. The molecular weight excluding hydrogens is 200 g/mol. The maximum atomic E-state index is 9.14. The molecule has 1 aliphatic rings. The molecule has 1 fully saturated rings. The number of hydrogen-bond acceptors (Lipinski definition) is 3. The van der Waals surface area contributed by atoms with Crippen molar-refractivity contribution in [2.45, 2.75) is 70.6 Å². The lowest BCUT2D eigenvalue weighted by Crippen LogP contribution is -2.40. The van der Waals surface area contributed by atoms with Crippen LogP contribution in [-0.2, 0) is 0 Å². The van der Waals surface area contributed by atoms with Crippen molar-refractivity contribution in [3.8, 4) is 0 Å². The van der Waals surface area contributed by atoms with Crippen LogP contribution < -0.4 is 10.6 Å². The summed E-state index contributed by atoms with van der Waals surface area (Å²) in [6, 6.07) is 1.30. The highest BCUT2D eigenvalue weighted by Gasteiger charge is 2.15. The Bertz CT molecular complexity index is 167. The minimum absolute atomic E-state index is 0.155. The van der Waals surface area contributed by atoms with Gasteiger partial charge in [-0.3, -0.25) is 0 Å². The summed E-state index contributed by atoms with van der Waals surface area (Å²) in [6.45, 7) is 6.34. The number of piperidine rings is 1. The van der Waals surface area contributed by atoms with Gasteiger partial charge < -0.3 is 15.7 Å². The smallest absolute Gasteiger partial charge is 0.0512 e. The molecule has 0 aromatic rings. The molecule has 1 aliphatic heterocycles. The number of aliphatic hydroxyl groups is 1. The highest BCUT2D eigenvalue weighted by Crippen LogP contribution is 2.11. The first-order chi connectivity index (χ1) is 7.68. The second kappa shape index (κ2) is 8.04. The van der Waals surface area contributed by atoms with Gasteiger partial charge in [-0.05, 0) is 59.0 Å². The molecule has 0 radical (unpaired) electrons. The highest BCUT2D eigenvalue weighted by molar-refractivity contribution is 4.76. The Balaban J connectivity index is 1.99. The van der Waals surface area contributed by atoms with Gasteiger partial charge in [-0.2, -0.15) is 0 Å². The summed E-state index contributed by atoms with van der Waals surface area (Å²) in [5.41, 5.74) is 0. The Morgan fingerprint density at radius 2 is 2.19 bits per heavy atom. The molecule has 0 aromatic carbocycles. The van der Waals surface area contributed by atoms with E-state index in [1.165, 1.54) is 32.2 Å². The van der Waals surface area contributed by atoms with Crippen molar-refractivity contribution in [2.24, 2.45) is 0 Å². The normalized spacial score (nSPS) is 25.3. The van der Waals surface area contributed by atoms with E-state index in [1.807, 2.05) is 6.92 Å². The van der Waals surface area contributed by atoms with Gasteiger partial charge in [-0.1, -0.05) is 6.42 Å². The summed E-state index contributed by atoms with van der Waals surface area (Å²) in [4.78, 5) is 0. The Morgan fingerprint density at radius 3 is 2.81 bits per heavy atom. The zero-order valence-electron chi connectivity index (χ0n) is 10.8. The summed E-state index contributed by atoms with van der Waals surface area (Å²) in [7, 11) is 0. The van der Waals surface area contributed by atoms with Crippen LogP contribution >= 0.6 is 0 Å². The topological polar surface area (TPSA) is 44.3 Å². The maximum absolute atomic E-state index is 9.14. The quantitative estimate of drug-likeness (QED) is 0.581. The predicted molar refractivity (Wildman–Crippen MR) is 68.6 cm³/mol. The molecule has 96 valence electrons. The minimum atomic E-state index is -0.155. The molecule has 3 heteroatoms. The first kappa shape index (κ1) is 13.9. The average Bonchev–Trinajstić information content (AvgIpc) is 2.25. The zero-order chi connectivity index (χ0) is 11.8. The van der Waals surface area contributed by atoms with Gasteiger partial charge in [-0.15, -0.1) is 0 Å². The van der Waals surface area contributed by atoms with E-state index < -0.39 is 0 Å². The SMILES string of the molecule is CC(O)CCCNC(C)CC1CCCCN1. The number of aliphatic hydroxyl groups excluding tert-OH is 1. The highest BCUT2D eigenvalue weighted by atomic mass is 16.3. The molecule has 3 N–H and O–H groups in total. The fourth-order valence-electron chi connectivity index (χ4n) is 2.38. The minimum Gasteiger partial charge on any atom is -0.393 e. The fourth-order valence-corrected chi connectivity index (χ4v) is 2.38. The van der Waals surface area contributed by atoms with E-state index in [4.69, 9.17) is 5.11 Å². The van der Waals surface area contributed by atoms with E-state index in [1.54, 1.807) is 0 Å². The van der Waals surface area contributed by atoms with Crippen molar-refractivity contribution >= 4 is 0 Å². The summed E-state index contributed by atoms with van der Waals surface area (Å²) < 4.78 is 0. The standard InChI is InChI=1S/C13H28N2O/c1-11(14-9-5-6-12(2)16)10-13-7-3-4-8-15-13/h11-16H,3-10H2,1-2H3. The predicted octanol–water partition coefficient (Wildman–Crippen LogP) is 1.66. The van der Waals surface area contributed by atoms with Crippen LogP contribution in [0.4, 0.5) is 0 Å². The molecule has 3 unspecified atom stereocenters. The van der Waals surface area contributed by atoms with Crippen LogP contribution in [0.3, 0.4) is 0 Å². The zero-order valence-corrected chi connectivity index (χ0v) is 10.8. The molecule has 3 nitrogen and oxygen atoms in total. The molecule has 0 aliphatic carbocycles. The van der Waals surface area contributed by atoms with Crippen molar-refractivity contribution in [1.82, 2.24) is 10.6 Å². The molecule has 0 amide bonds. The van der Waals surface area contributed by atoms with Crippen molar-refractivity contribution in [1.29, 1.82) is 0 Å². The second-order valence-corrected chi connectivity index (χ2v) is 5.23. The molecule has 3 atom stereocenters. The van der Waals surface area contributed by atoms with E-state index >= 15 is 0 Å². The second-order valence-electron chi connectivity index (χ2n) is 5.23. The van der Waals surface area contributed by atoms with Crippen LogP contribution in [0, 0.1) is 0 Å². The fraction of sp³-hybridized carbons (Fsp3) is 1.00. The van der Waals surface area contributed by atoms with Crippen molar-refractivity contribution in [3.05, 3.63) is 0 Å². The van der Waals surface area contributed by atoms with E-state index in [9.17, 15) is 0 Å². The van der Waals surface area contributed by atoms with Crippen LogP contribution in [0.1, 0.15) is 52.4 Å². The van der Waals surface area contributed by atoms with Gasteiger partial charge in [0.25, 0.3) is 0 Å². The van der Waals surface area contributed by atoms with Crippen molar-refractivity contribution in [3.63, 3.8) is 0 Å². The first-order valence-corrected chi connectivity index (χ1v) is 6.83. The van der Waals surface area contributed by atoms with Crippen molar-refractivity contribution in [2.75, 3.05) is 13.1 Å². The molecule has 1 heterocycles. The van der Waals surface area contributed by atoms with E-state index in [0.29, 0.717) is 12.1 Å². The lowest BCUT2D eigenvalue weighted by atomic mass is 9.99.